The molecule has 1 N–H and O–H groups in total. The molecule has 0 aliphatic rings. The molecule has 0 aliphatic carbocycles. The molecular formula is C18H20BrNO3S. The highest BCUT2D eigenvalue weighted by atomic mass is 79.9. The molecule has 0 bridgehead atoms. The molecule has 128 valence electrons. The number of hydrogen-bond donors (Lipinski definition) is 1. The average Bonchev–Trinajstić information content (AvgIpc) is 2.51. The van der Waals surface area contributed by atoms with E-state index in [0.717, 1.165) is 21.2 Å². The Morgan fingerprint density at radius 2 is 1.75 bits per heavy atom. The lowest BCUT2D eigenvalue weighted by Gasteiger charge is -2.09. The normalized spacial score (nSPS) is 11.3. The van der Waals surface area contributed by atoms with E-state index < -0.39 is 9.84 Å². The number of carbonyl (C=O) groups excluding carboxylic acids is 1. The van der Waals surface area contributed by atoms with Gasteiger partial charge in [0.2, 0.25) is 5.91 Å². The standard InChI is InChI=1S/C18H20BrNO3S/c1-13-3-4-14(2)15(11-13)12-24(22,23)10-9-18(21)20-17-7-5-16(19)6-8-17/h3-8,11H,9-10,12H2,1-2H3,(H,20,21). The zero-order valence-electron chi connectivity index (χ0n) is 13.7. The Bertz CT molecular complexity index is 830. The van der Waals surface area contributed by atoms with Crippen LogP contribution >= 0.6 is 15.9 Å². The number of amides is 1. The molecule has 0 radical (unpaired) electrons. The lowest BCUT2D eigenvalue weighted by atomic mass is 10.1. The van der Waals surface area contributed by atoms with Crippen molar-refractivity contribution in [3.63, 3.8) is 0 Å². The van der Waals surface area contributed by atoms with Gasteiger partial charge >= 0.3 is 0 Å². The Balaban J connectivity index is 1.93. The maximum Gasteiger partial charge on any atom is 0.225 e. The molecule has 0 spiro atoms. The quantitative estimate of drug-likeness (QED) is 0.783. The smallest absolute Gasteiger partial charge is 0.225 e. The molecule has 1 amide bonds. The molecule has 2 aromatic rings. The zero-order valence-corrected chi connectivity index (χ0v) is 16.1. The van der Waals surface area contributed by atoms with Crippen LogP contribution in [-0.4, -0.2) is 20.1 Å². The average molecular weight is 410 g/mol. The summed E-state index contributed by atoms with van der Waals surface area (Å²) < 4.78 is 25.5. The number of sulfone groups is 1. The third kappa shape index (κ3) is 5.76. The zero-order chi connectivity index (χ0) is 17.7. The second-order valence-electron chi connectivity index (χ2n) is 5.83. The topological polar surface area (TPSA) is 63.2 Å². The van der Waals surface area contributed by atoms with Gasteiger partial charge in [-0.2, -0.15) is 0 Å². The van der Waals surface area contributed by atoms with E-state index in [1.807, 2.05) is 44.2 Å². The number of aryl methyl sites for hydroxylation is 2. The van der Waals surface area contributed by atoms with Crippen LogP contribution in [0.25, 0.3) is 0 Å². The number of carbonyl (C=O) groups is 1. The summed E-state index contributed by atoms with van der Waals surface area (Å²) in [5.74, 6) is -0.503. The molecule has 0 heterocycles. The van der Waals surface area contributed by atoms with Crippen LogP contribution in [0.2, 0.25) is 0 Å². The van der Waals surface area contributed by atoms with Gasteiger partial charge < -0.3 is 5.32 Å². The van der Waals surface area contributed by atoms with Crippen LogP contribution in [-0.2, 0) is 20.4 Å². The monoisotopic (exact) mass is 409 g/mol. The third-order valence-corrected chi connectivity index (χ3v) is 5.75. The van der Waals surface area contributed by atoms with E-state index >= 15 is 0 Å². The van der Waals surface area contributed by atoms with Crippen LogP contribution in [0.15, 0.2) is 46.9 Å². The van der Waals surface area contributed by atoms with E-state index in [4.69, 9.17) is 0 Å². The van der Waals surface area contributed by atoms with Crippen LogP contribution in [0.3, 0.4) is 0 Å². The second kappa shape index (κ2) is 7.94. The highest BCUT2D eigenvalue weighted by Gasteiger charge is 2.16. The summed E-state index contributed by atoms with van der Waals surface area (Å²) in [4.78, 5) is 11.9. The minimum atomic E-state index is -3.34. The summed E-state index contributed by atoms with van der Waals surface area (Å²) in [5.41, 5.74) is 3.42. The van der Waals surface area contributed by atoms with Gasteiger partial charge in [0.1, 0.15) is 0 Å². The molecule has 2 rings (SSSR count). The number of anilines is 1. The van der Waals surface area contributed by atoms with E-state index in [9.17, 15) is 13.2 Å². The van der Waals surface area contributed by atoms with Crippen LogP contribution in [0.1, 0.15) is 23.1 Å². The van der Waals surface area contributed by atoms with Crippen molar-refractivity contribution in [2.75, 3.05) is 11.1 Å². The Labute approximate surface area is 151 Å². The van der Waals surface area contributed by atoms with E-state index in [1.54, 1.807) is 12.1 Å². The van der Waals surface area contributed by atoms with Crippen LogP contribution < -0.4 is 5.32 Å². The van der Waals surface area contributed by atoms with Crippen LogP contribution in [0.5, 0.6) is 0 Å². The molecule has 0 aliphatic heterocycles. The first-order valence-electron chi connectivity index (χ1n) is 7.57. The minimum absolute atomic E-state index is 0.0356. The van der Waals surface area contributed by atoms with E-state index in [-0.39, 0.29) is 23.8 Å². The number of halogens is 1. The van der Waals surface area contributed by atoms with Crippen molar-refractivity contribution in [1.29, 1.82) is 0 Å². The number of nitrogens with one attached hydrogen (secondary N) is 1. The maximum absolute atomic E-state index is 12.3. The number of hydrogen-bond acceptors (Lipinski definition) is 3. The van der Waals surface area contributed by atoms with E-state index in [2.05, 4.69) is 21.2 Å². The lowest BCUT2D eigenvalue weighted by Crippen LogP contribution is -2.18. The Morgan fingerprint density at radius 1 is 1.08 bits per heavy atom. The Morgan fingerprint density at radius 3 is 2.42 bits per heavy atom. The third-order valence-electron chi connectivity index (χ3n) is 3.65. The molecule has 0 atom stereocenters. The van der Waals surface area contributed by atoms with Crippen molar-refractivity contribution in [3.05, 3.63) is 63.6 Å². The summed E-state index contributed by atoms with van der Waals surface area (Å²) in [6.45, 7) is 3.83. The molecule has 0 fully saturated rings. The van der Waals surface area contributed by atoms with Crippen molar-refractivity contribution in [2.45, 2.75) is 26.0 Å². The molecular weight excluding hydrogens is 390 g/mol. The molecule has 2 aromatic carbocycles. The van der Waals surface area contributed by atoms with Crippen LogP contribution in [0.4, 0.5) is 5.69 Å². The van der Waals surface area contributed by atoms with Gasteiger partial charge in [0, 0.05) is 16.6 Å². The minimum Gasteiger partial charge on any atom is -0.326 e. The maximum atomic E-state index is 12.3. The first-order valence-corrected chi connectivity index (χ1v) is 10.2. The van der Waals surface area contributed by atoms with Gasteiger partial charge in [-0.1, -0.05) is 39.7 Å². The molecule has 0 saturated heterocycles. The van der Waals surface area contributed by atoms with Gasteiger partial charge in [-0.3, -0.25) is 4.79 Å². The fraction of sp³-hybridized carbons (Fsp3) is 0.278. The molecule has 0 unspecified atom stereocenters. The van der Waals surface area contributed by atoms with Crippen molar-refractivity contribution >= 4 is 37.4 Å². The van der Waals surface area contributed by atoms with E-state index in [0.29, 0.717) is 5.69 Å². The molecule has 0 aromatic heterocycles. The molecule has 0 saturated carbocycles. The highest BCUT2D eigenvalue weighted by Crippen LogP contribution is 2.16. The predicted octanol–water partition coefficient (Wildman–Crippen LogP) is 4.01. The Kier molecular flexibility index (Phi) is 6.18. The summed E-state index contributed by atoms with van der Waals surface area (Å²) >= 11 is 3.32. The Hall–Kier alpha value is -1.66. The molecule has 4 nitrogen and oxygen atoms in total. The van der Waals surface area contributed by atoms with E-state index in [1.165, 1.54) is 0 Å². The fourth-order valence-corrected chi connectivity index (χ4v) is 3.96. The van der Waals surface area contributed by atoms with Crippen molar-refractivity contribution in [3.8, 4) is 0 Å². The van der Waals surface area contributed by atoms with Gasteiger partial charge in [-0.15, -0.1) is 0 Å². The summed E-state index contributed by atoms with van der Waals surface area (Å²) in [6.07, 6.45) is -0.0523. The van der Waals surface area contributed by atoms with Crippen LogP contribution in [0, 0.1) is 13.8 Å². The first kappa shape index (κ1) is 18.7. The SMILES string of the molecule is Cc1ccc(C)c(CS(=O)(=O)CCC(=O)Nc2ccc(Br)cc2)c1. The summed E-state index contributed by atoms with van der Waals surface area (Å²) in [5, 5.41) is 2.70. The number of benzene rings is 2. The highest BCUT2D eigenvalue weighted by molar-refractivity contribution is 9.10. The van der Waals surface area contributed by atoms with Gasteiger partial charge in [-0.25, -0.2) is 8.42 Å². The number of rotatable bonds is 6. The summed E-state index contributed by atoms with van der Waals surface area (Å²) in [7, 11) is -3.34. The summed E-state index contributed by atoms with van der Waals surface area (Å²) in [6, 6.07) is 12.9. The predicted molar refractivity (Wildman–Crippen MR) is 101 cm³/mol. The van der Waals surface area contributed by atoms with Gasteiger partial charge in [0.15, 0.2) is 9.84 Å². The first-order chi connectivity index (χ1) is 11.2. The van der Waals surface area contributed by atoms with Crippen molar-refractivity contribution < 1.29 is 13.2 Å². The van der Waals surface area contributed by atoms with Gasteiger partial charge in [0.25, 0.3) is 0 Å². The van der Waals surface area contributed by atoms with Crippen molar-refractivity contribution in [2.24, 2.45) is 0 Å². The van der Waals surface area contributed by atoms with Gasteiger partial charge in [0.05, 0.1) is 11.5 Å². The lowest BCUT2D eigenvalue weighted by molar-refractivity contribution is -0.115. The molecule has 6 heteroatoms. The van der Waals surface area contributed by atoms with Crippen molar-refractivity contribution in [1.82, 2.24) is 0 Å². The second-order valence-corrected chi connectivity index (χ2v) is 8.93. The largest absolute Gasteiger partial charge is 0.326 e. The fourth-order valence-electron chi connectivity index (χ4n) is 2.27. The van der Waals surface area contributed by atoms with Gasteiger partial charge in [-0.05, 0) is 49.2 Å². The molecule has 24 heavy (non-hydrogen) atoms.